The van der Waals surface area contributed by atoms with Crippen molar-refractivity contribution in [1.82, 2.24) is 9.88 Å². The van der Waals surface area contributed by atoms with Gasteiger partial charge in [0.15, 0.2) is 6.61 Å². The zero-order valence-electron chi connectivity index (χ0n) is 15.5. The third-order valence-electron chi connectivity index (χ3n) is 4.34. The molecule has 0 saturated carbocycles. The fraction of sp³-hybridized carbons (Fsp3) is 0.227. The van der Waals surface area contributed by atoms with Gasteiger partial charge in [-0.3, -0.25) is 9.78 Å². The Bertz CT molecular complexity index is 954. The Morgan fingerprint density at radius 3 is 2.48 bits per heavy atom. The van der Waals surface area contributed by atoms with Crippen LogP contribution in [0.1, 0.15) is 28.5 Å². The molecule has 27 heavy (non-hydrogen) atoms. The van der Waals surface area contributed by atoms with Crippen molar-refractivity contribution < 1.29 is 14.3 Å². The van der Waals surface area contributed by atoms with Crippen molar-refractivity contribution in [3.8, 4) is 0 Å². The van der Waals surface area contributed by atoms with Crippen LogP contribution in [-0.2, 0) is 16.1 Å². The number of carbonyl (C=O) groups is 2. The molecule has 1 aromatic heterocycles. The lowest BCUT2D eigenvalue weighted by atomic mass is 10.1. The molecule has 2 aromatic carbocycles. The maximum absolute atomic E-state index is 12.6. The number of hydrogen-bond acceptors (Lipinski definition) is 4. The summed E-state index contributed by atoms with van der Waals surface area (Å²) in [4.78, 5) is 31.1. The Morgan fingerprint density at radius 2 is 1.74 bits per heavy atom. The lowest BCUT2D eigenvalue weighted by Gasteiger charge is -2.21. The fourth-order valence-electron chi connectivity index (χ4n) is 2.95. The van der Waals surface area contributed by atoms with Crippen molar-refractivity contribution >= 4 is 22.8 Å². The minimum absolute atomic E-state index is 0.218. The number of likely N-dealkylation sites (N-methyl/N-ethyl adjacent to an activating group) is 1. The minimum atomic E-state index is -0.513. The second-order valence-corrected chi connectivity index (χ2v) is 6.30. The van der Waals surface area contributed by atoms with Crippen LogP contribution in [0.4, 0.5) is 0 Å². The maximum Gasteiger partial charge on any atom is 0.339 e. The van der Waals surface area contributed by atoms with E-state index in [-0.39, 0.29) is 12.5 Å². The molecule has 1 heterocycles. The zero-order valence-corrected chi connectivity index (χ0v) is 15.5. The van der Waals surface area contributed by atoms with Gasteiger partial charge in [-0.05, 0) is 31.5 Å². The van der Waals surface area contributed by atoms with E-state index in [0.717, 1.165) is 22.2 Å². The first kappa shape index (κ1) is 18.6. The molecule has 0 radical (unpaired) electrons. The van der Waals surface area contributed by atoms with E-state index in [2.05, 4.69) is 4.98 Å². The van der Waals surface area contributed by atoms with E-state index in [4.69, 9.17) is 4.74 Å². The molecule has 0 atom stereocenters. The molecule has 0 aliphatic carbocycles. The molecule has 0 spiro atoms. The Morgan fingerprint density at radius 1 is 1.04 bits per heavy atom. The fourth-order valence-corrected chi connectivity index (χ4v) is 2.95. The number of amides is 1. The van der Waals surface area contributed by atoms with Gasteiger partial charge in [0.2, 0.25) is 0 Å². The van der Waals surface area contributed by atoms with Gasteiger partial charge in [-0.2, -0.15) is 0 Å². The quantitative estimate of drug-likeness (QED) is 0.627. The number of rotatable bonds is 6. The highest BCUT2D eigenvalue weighted by Crippen LogP contribution is 2.19. The summed E-state index contributed by atoms with van der Waals surface area (Å²) in [5.74, 6) is -0.731. The standard InChI is InChI=1S/C22H22N2O3/c1-3-24(14-17-9-5-4-6-10-17)21(25)15-27-22(26)19-13-16(2)23-20-12-8-7-11-18(19)20/h4-13H,3,14-15H2,1-2H3. The van der Waals surface area contributed by atoms with Crippen LogP contribution >= 0.6 is 0 Å². The highest BCUT2D eigenvalue weighted by atomic mass is 16.5. The average molecular weight is 362 g/mol. The number of hydrogen-bond donors (Lipinski definition) is 0. The number of carbonyl (C=O) groups excluding carboxylic acids is 2. The third kappa shape index (κ3) is 4.50. The SMILES string of the molecule is CCN(Cc1ccccc1)C(=O)COC(=O)c1cc(C)nc2ccccc12. The van der Waals surface area contributed by atoms with Gasteiger partial charge in [-0.15, -0.1) is 0 Å². The summed E-state index contributed by atoms with van der Waals surface area (Å²) in [6.45, 7) is 4.48. The van der Waals surface area contributed by atoms with Crippen molar-refractivity contribution in [1.29, 1.82) is 0 Å². The number of para-hydroxylation sites is 1. The molecular weight excluding hydrogens is 340 g/mol. The van der Waals surface area contributed by atoms with Crippen molar-refractivity contribution in [3.05, 3.63) is 77.5 Å². The number of pyridine rings is 1. The third-order valence-corrected chi connectivity index (χ3v) is 4.34. The lowest BCUT2D eigenvalue weighted by Crippen LogP contribution is -2.34. The lowest BCUT2D eigenvalue weighted by molar-refractivity contribution is -0.134. The first-order valence-corrected chi connectivity index (χ1v) is 8.93. The molecule has 0 aliphatic heterocycles. The normalized spacial score (nSPS) is 10.6. The summed E-state index contributed by atoms with van der Waals surface area (Å²) in [5.41, 5.74) is 2.92. The largest absolute Gasteiger partial charge is 0.452 e. The van der Waals surface area contributed by atoms with Gasteiger partial charge < -0.3 is 9.64 Å². The van der Waals surface area contributed by atoms with Gasteiger partial charge >= 0.3 is 5.97 Å². The molecule has 0 aliphatic rings. The number of fused-ring (bicyclic) bond motifs is 1. The Kier molecular flexibility index (Phi) is 5.81. The molecular formula is C22H22N2O3. The highest BCUT2D eigenvalue weighted by Gasteiger charge is 2.18. The molecule has 0 bridgehead atoms. The van der Waals surface area contributed by atoms with Crippen LogP contribution < -0.4 is 0 Å². The number of benzene rings is 2. The number of aryl methyl sites for hydroxylation is 1. The van der Waals surface area contributed by atoms with Gasteiger partial charge in [0, 0.05) is 24.2 Å². The predicted molar refractivity (Wildman–Crippen MR) is 104 cm³/mol. The van der Waals surface area contributed by atoms with E-state index in [9.17, 15) is 9.59 Å². The van der Waals surface area contributed by atoms with Crippen molar-refractivity contribution in [2.24, 2.45) is 0 Å². The van der Waals surface area contributed by atoms with E-state index in [1.165, 1.54) is 0 Å². The average Bonchev–Trinajstić information content (AvgIpc) is 2.70. The van der Waals surface area contributed by atoms with Crippen LogP contribution in [-0.4, -0.2) is 34.9 Å². The van der Waals surface area contributed by atoms with Gasteiger partial charge in [-0.25, -0.2) is 4.79 Å². The summed E-state index contributed by atoms with van der Waals surface area (Å²) >= 11 is 0. The Labute approximate surface area is 158 Å². The summed E-state index contributed by atoms with van der Waals surface area (Å²) < 4.78 is 5.32. The number of esters is 1. The van der Waals surface area contributed by atoms with Crippen LogP contribution in [0.3, 0.4) is 0 Å². The van der Waals surface area contributed by atoms with Gasteiger partial charge in [0.25, 0.3) is 5.91 Å². The second-order valence-electron chi connectivity index (χ2n) is 6.30. The van der Waals surface area contributed by atoms with Crippen LogP contribution in [0.5, 0.6) is 0 Å². The molecule has 0 fully saturated rings. The van der Waals surface area contributed by atoms with Crippen molar-refractivity contribution in [2.45, 2.75) is 20.4 Å². The van der Waals surface area contributed by atoms with Crippen LogP contribution in [0.25, 0.3) is 10.9 Å². The molecule has 5 nitrogen and oxygen atoms in total. The Balaban J connectivity index is 1.69. The van der Waals surface area contributed by atoms with E-state index >= 15 is 0 Å². The first-order valence-electron chi connectivity index (χ1n) is 8.93. The molecule has 3 rings (SSSR count). The van der Waals surface area contributed by atoms with Crippen molar-refractivity contribution in [2.75, 3.05) is 13.2 Å². The highest BCUT2D eigenvalue weighted by molar-refractivity contribution is 6.04. The smallest absolute Gasteiger partial charge is 0.339 e. The maximum atomic E-state index is 12.6. The van der Waals surface area contributed by atoms with E-state index in [1.54, 1.807) is 11.0 Å². The monoisotopic (exact) mass is 362 g/mol. The zero-order chi connectivity index (χ0) is 19.2. The van der Waals surface area contributed by atoms with E-state index < -0.39 is 5.97 Å². The Hall–Kier alpha value is -3.21. The van der Waals surface area contributed by atoms with E-state index in [0.29, 0.717) is 18.7 Å². The molecule has 0 saturated heterocycles. The van der Waals surface area contributed by atoms with Crippen LogP contribution in [0.2, 0.25) is 0 Å². The van der Waals surface area contributed by atoms with Gasteiger partial charge in [0.05, 0.1) is 11.1 Å². The molecule has 5 heteroatoms. The molecule has 0 N–H and O–H groups in total. The van der Waals surface area contributed by atoms with Gasteiger partial charge in [-0.1, -0.05) is 48.5 Å². The molecule has 138 valence electrons. The number of nitrogens with zero attached hydrogens (tertiary/aromatic N) is 2. The van der Waals surface area contributed by atoms with Gasteiger partial charge in [0.1, 0.15) is 0 Å². The minimum Gasteiger partial charge on any atom is -0.452 e. The summed E-state index contributed by atoms with van der Waals surface area (Å²) in [7, 11) is 0. The molecule has 1 amide bonds. The summed E-state index contributed by atoms with van der Waals surface area (Å²) in [6.07, 6.45) is 0. The van der Waals surface area contributed by atoms with Crippen LogP contribution in [0, 0.1) is 6.92 Å². The summed E-state index contributed by atoms with van der Waals surface area (Å²) in [5, 5.41) is 0.720. The second kappa shape index (κ2) is 8.45. The number of aromatic nitrogens is 1. The summed E-state index contributed by atoms with van der Waals surface area (Å²) in [6, 6.07) is 18.8. The molecule has 0 unspecified atom stereocenters. The molecule has 3 aromatic rings. The predicted octanol–water partition coefficient (Wildman–Crippen LogP) is 3.75. The first-order chi connectivity index (χ1) is 13.1. The van der Waals surface area contributed by atoms with Crippen LogP contribution in [0.15, 0.2) is 60.7 Å². The van der Waals surface area contributed by atoms with Crippen molar-refractivity contribution in [3.63, 3.8) is 0 Å². The van der Waals surface area contributed by atoms with E-state index in [1.807, 2.05) is 68.4 Å². The number of ether oxygens (including phenoxy) is 1. The topological polar surface area (TPSA) is 59.5 Å².